The molecule has 0 saturated heterocycles. The minimum Gasteiger partial charge on any atom is -0.455 e. The Morgan fingerprint density at radius 2 is 1.85 bits per heavy atom. The van der Waals surface area contributed by atoms with Crippen molar-refractivity contribution in [1.82, 2.24) is 4.98 Å². The van der Waals surface area contributed by atoms with Crippen LogP contribution < -0.4 is 4.74 Å². The van der Waals surface area contributed by atoms with E-state index in [0.29, 0.717) is 16.8 Å². The van der Waals surface area contributed by atoms with Gasteiger partial charge in [0, 0.05) is 16.1 Å². The Kier molecular flexibility index (Phi) is 3.36. The molecule has 0 saturated carbocycles. The van der Waals surface area contributed by atoms with E-state index in [1.165, 1.54) is 0 Å². The topological polar surface area (TPSA) is 45.9 Å². The Morgan fingerprint density at radius 3 is 2.60 bits per heavy atom. The number of rotatable bonds is 2. The third kappa shape index (κ3) is 2.36. The van der Waals surface area contributed by atoms with Crippen molar-refractivity contribution in [3.63, 3.8) is 0 Å². The molecule has 0 atom stereocenters. The van der Waals surface area contributed by atoms with Gasteiger partial charge in [-0.1, -0.05) is 15.9 Å². The molecule has 0 spiro atoms. The molecule has 0 bridgehead atoms. The predicted octanol–water partition coefficient (Wildman–Crippen LogP) is 4.66. The highest BCUT2D eigenvalue weighted by Crippen LogP contribution is 2.30. The number of ether oxygens (including phenoxy) is 1. The summed E-state index contributed by atoms with van der Waals surface area (Å²) in [6.07, 6.45) is 1.69. The van der Waals surface area contributed by atoms with Crippen LogP contribution in [-0.4, -0.2) is 4.98 Å². The lowest BCUT2D eigenvalue weighted by molar-refractivity contribution is 0.487. The summed E-state index contributed by atoms with van der Waals surface area (Å²) < 4.78 is 6.85. The van der Waals surface area contributed by atoms with Crippen LogP contribution in [0.25, 0.3) is 10.9 Å². The molecule has 3 aromatic rings. The van der Waals surface area contributed by atoms with Crippen LogP contribution in [0.1, 0.15) is 5.56 Å². The summed E-state index contributed by atoms with van der Waals surface area (Å²) >= 11 is 3.39. The fourth-order valence-electron chi connectivity index (χ4n) is 1.96. The molecule has 3 rings (SSSR count). The van der Waals surface area contributed by atoms with Gasteiger partial charge in [-0.05, 0) is 48.5 Å². The van der Waals surface area contributed by atoms with Gasteiger partial charge in [-0.15, -0.1) is 0 Å². The minimum atomic E-state index is 0.594. The van der Waals surface area contributed by atoms with Crippen molar-refractivity contribution < 1.29 is 4.74 Å². The molecule has 0 unspecified atom stereocenters. The number of fused-ring (bicyclic) bond motifs is 1. The summed E-state index contributed by atoms with van der Waals surface area (Å²) in [6, 6.07) is 16.9. The Bertz CT molecular complexity index is 807. The summed E-state index contributed by atoms with van der Waals surface area (Å²) in [6.45, 7) is 0. The van der Waals surface area contributed by atoms with Gasteiger partial charge < -0.3 is 4.74 Å². The van der Waals surface area contributed by atoms with E-state index in [9.17, 15) is 0 Å². The molecule has 0 aliphatic rings. The fraction of sp³-hybridized carbons (Fsp3) is 0. The van der Waals surface area contributed by atoms with Gasteiger partial charge in [0.05, 0.1) is 11.6 Å². The van der Waals surface area contributed by atoms with E-state index >= 15 is 0 Å². The lowest BCUT2D eigenvalue weighted by Gasteiger charge is -2.09. The van der Waals surface area contributed by atoms with E-state index < -0.39 is 0 Å². The Balaban J connectivity index is 2.09. The predicted molar refractivity (Wildman–Crippen MR) is 80.7 cm³/mol. The van der Waals surface area contributed by atoms with E-state index in [4.69, 9.17) is 10.00 Å². The van der Waals surface area contributed by atoms with Crippen LogP contribution in [0.3, 0.4) is 0 Å². The quantitative estimate of drug-likeness (QED) is 0.688. The molecule has 0 aliphatic carbocycles. The highest BCUT2D eigenvalue weighted by molar-refractivity contribution is 9.10. The van der Waals surface area contributed by atoms with Gasteiger partial charge in [0.15, 0.2) is 5.75 Å². The van der Waals surface area contributed by atoms with E-state index in [1.54, 1.807) is 18.3 Å². The number of aromatic nitrogens is 1. The van der Waals surface area contributed by atoms with E-state index in [1.807, 2.05) is 36.4 Å². The maximum atomic E-state index is 9.12. The average Bonchev–Trinajstić information content (AvgIpc) is 2.50. The molecule has 96 valence electrons. The maximum absolute atomic E-state index is 9.12. The minimum absolute atomic E-state index is 0.594. The standard InChI is InChI=1S/C16H9BrN2O/c17-12-4-6-13(7-5-12)20-15-8-3-11(10-18)14-2-1-9-19-16(14)15/h1-9H. The van der Waals surface area contributed by atoms with Crippen molar-refractivity contribution in [3.05, 3.63) is 64.8 Å². The number of nitrogens with zero attached hydrogens (tertiary/aromatic N) is 2. The summed E-state index contributed by atoms with van der Waals surface area (Å²) in [5.74, 6) is 1.37. The molecular formula is C16H9BrN2O. The van der Waals surface area contributed by atoms with Crippen molar-refractivity contribution in [3.8, 4) is 17.6 Å². The van der Waals surface area contributed by atoms with Crippen LogP contribution in [0, 0.1) is 11.3 Å². The van der Waals surface area contributed by atoms with Crippen LogP contribution in [0.5, 0.6) is 11.5 Å². The zero-order valence-corrected chi connectivity index (χ0v) is 12.0. The molecular weight excluding hydrogens is 316 g/mol. The first-order chi connectivity index (χ1) is 9.78. The molecule has 0 aliphatic heterocycles. The summed E-state index contributed by atoms with van der Waals surface area (Å²) in [4.78, 5) is 4.32. The van der Waals surface area contributed by atoms with Crippen LogP contribution in [-0.2, 0) is 0 Å². The Labute approximate surface area is 124 Å². The summed E-state index contributed by atoms with van der Waals surface area (Å²) in [5, 5.41) is 9.92. The van der Waals surface area contributed by atoms with Crippen molar-refractivity contribution in [1.29, 1.82) is 5.26 Å². The molecule has 0 N–H and O–H groups in total. The second-order valence-corrected chi connectivity index (χ2v) is 5.09. The zero-order chi connectivity index (χ0) is 13.9. The molecule has 4 heteroatoms. The van der Waals surface area contributed by atoms with Crippen molar-refractivity contribution in [2.24, 2.45) is 0 Å². The second kappa shape index (κ2) is 5.32. The summed E-state index contributed by atoms with van der Waals surface area (Å²) in [5.41, 5.74) is 1.28. The fourth-order valence-corrected chi connectivity index (χ4v) is 2.22. The maximum Gasteiger partial charge on any atom is 0.153 e. The number of pyridine rings is 1. The highest BCUT2D eigenvalue weighted by atomic mass is 79.9. The van der Waals surface area contributed by atoms with Crippen molar-refractivity contribution in [2.45, 2.75) is 0 Å². The monoisotopic (exact) mass is 324 g/mol. The van der Waals surface area contributed by atoms with Gasteiger partial charge in [0.2, 0.25) is 0 Å². The number of benzene rings is 2. The molecule has 0 radical (unpaired) electrons. The van der Waals surface area contributed by atoms with E-state index in [-0.39, 0.29) is 0 Å². The van der Waals surface area contributed by atoms with Gasteiger partial charge >= 0.3 is 0 Å². The van der Waals surface area contributed by atoms with Gasteiger partial charge in [-0.2, -0.15) is 5.26 Å². The molecule has 1 heterocycles. The third-order valence-electron chi connectivity index (χ3n) is 2.89. The van der Waals surface area contributed by atoms with E-state index in [2.05, 4.69) is 27.0 Å². The molecule has 2 aromatic carbocycles. The number of nitriles is 1. The first-order valence-electron chi connectivity index (χ1n) is 5.99. The Hall–Kier alpha value is -2.38. The van der Waals surface area contributed by atoms with Crippen LogP contribution in [0.4, 0.5) is 0 Å². The average molecular weight is 325 g/mol. The van der Waals surface area contributed by atoms with Gasteiger partial charge in [0.25, 0.3) is 0 Å². The molecule has 3 nitrogen and oxygen atoms in total. The highest BCUT2D eigenvalue weighted by Gasteiger charge is 2.08. The second-order valence-electron chi connectivity index (χ2n) is 4.18. The van der Waals surface area contributed by atoms with Crippen LogP contribution in [0.15, 0.2) is 59.2 Å². The van der Waals surface area contributed by atoms with E-state index in [0.717, 1.165) is 15.6 Å². The largest absolute Gasteiger partial charge is 0.455 e. The van der Waals surface area contributed by atoms with Crippen LogP contribution >= 0.6 is 15.9 Å². The first-order valence-corrected chi connectivity index (χ1v) is 6.78. The molecule has 1 aromatic heterocycles. The molecule has 0 fully saturated rings. The number of hydrogen-bond acceptors (Lipinski definition) is 3. The lowest BCUT2D eigenvalue weighted by Crippen LogP contribution is -1.90. The molecule has 20 heavy (non-hydrogen) atoms. The van der Waals surface area contributed by atoms with Gasteiger partial charge in [-0.25, -0.2) is 0 Å². The van der Waals surface area contributed by atoms with Crippen molar-refractivity contribution >= 4 is 26.8 Å². The smallest absolute Gasteiger partial charge is 0.153 e. The third-order valence-corrected chi connectivity index (χ3v) is 3.42. The van der Waals surface area contributed by atoms with Gasteiger partial charge in [-0.3, -0.25) is 4.98 Å². The molecule has 0 amide bonds. The SMILES string of the molecule is N#Cc1ccc(Oc2ccc(Br)cc2)c2ncccc12. The lowest BCUT2D eigenvalue weighted by atomic mass is 10.1. The number of halogens is 1. The van der Waals surface area contributed by atoms with Crippen LogP contribution in [0.2, 0.25) is 0 Å². The van der Waals surface area contributed by atoms with Crippen molar-refractivity contribution in [2.75, 3.05) is 0 Å². The normalized spacial score (nSPS) is 10.2. The summed E-state index contributed by atoms with van der Waals surface area (Å²) in [7, 11) is 0. The Morgan fingerprint density at radius 1 is 1.05 bits per heavy atom. The first kappa shape index (κ1) is 12.6. The van der Waals surface area contributed by atoms with Gasteiger partial charge in [0.1, 0.15) is 11.3 Å². The number of hydrogen-bond donors (Lipinski definition) is 0. The zero-order valence-electron chi connectivity index (χ0n) is 10.4.